The third kappa shape index (κ3) is 4.49. The minimum Gasteiger partial charge on any atom is -0.508 e. The fourth-order valence-corrected chi connectivity index (χ4v) is 3.42. The molecule has 29 heavy (non-hydrogen) atoms. The van der Waals surface area contributed by atoms with Crippen LogP contribution in [0.2, 0.25) is 0 Å². The summed E-state index contributed by atoms with van der Waals surface area (Å²) in [4.78, 5) is 27.1. The van der Waals surface area contributed by atoms with Crippen LogP contribution in [0.1, 0.15) is 37.4 Å². The molecule has 1 amide bonds. The maximum atomic E-state index is 12.8. The number of ether oxygens (including phenoxy) is 1. The van der Waals surface area contributed by atoms with Crippen molar-refractivity contribution in [2.45, 2.75) is 32.4 Å². The van der Waals surface area contributed by atoms with E-state index in [-0.39, 0.29) is 23.2 Å². The van der Waals surface area contributed by atoms with Crippen LogP contribution in [0.4, 0.5) is 0 Å². The summed E-state index contributed by atoms with van der Waals surface area (Å²) in [7, 11) is 0. The van der Waals surface area contributed by atoms with Crippen molar-refractivity contribution in [3.8, 4) is 5.75 Å². The van der Waals surface area contributed by atoms with Crippen LogP contribution in [0.25, 0.3) is 5.76 Å². The molecule has 3 rings (SSSR count). The van der Waals surface area contributed by atoms with Crippen LogP contribution in [0.3, 0.4) is 0 Å². The highest BCUT2D eigenvalue weighted by Gasteiger charge is 2.45. The number of carbonyl (C=O) groups is 2. The molecule has 1 aliphatic heterocycles. The number of hydrogen-bond donors (Lipinski definition) is 2. The normalized spacial score (nSPS) is 18.6. The standard InChI is InChI=1S/C23H25NO5/c1-15(2)29-14-6-13-24-20(16-9-11-18(25)12-10-16)19(22(27)23(24)28)21(26)17-7-4-3-5-8-17/h3-5,7-12,15,20,25-26H,6,13-14H2,1-2H3/t20-/m1/s1. The summed E-state index contributed by atoms with van der Waals surface area (Å²) in [6.07, 6.45) is 0.641. The molecule has 1 aliphatic rings. The van der Waals surface area contributed by atoms with Gasteiger partial charge in [-0.3, -0.25) is 9.59 Å². The first-order valence-electron chi connectivity index (χ1n) is 9.64. The summed E-state index contributed by atoms with van der Waals surface area (Å²) in [5.41, 5.74) is 1.17. The summed E-state index contributed by atoms with van der Waals surface area (Å²) < 4.78 is 5.55. The van der Waals surface area contributed by atoms with Gasteiger partial charge in [0.05, 0.1) is 17.7 Å². The van der Waals surface area contributed by atoms with Gasteiger partial charge in [-0.1, -0.05) is 42.5 Å². The zero-order valence-electron chi connectivity index (χ0n) is 16.5. The van der Waals surface area contributed by atoms with Gasteiger partial charge in [-0.25, -0.2) is 0 Å². The molecule has 152 valence electrons. The van der Waals surface area contributed by atoms with Crippen LogP contribution in [-0.4, -0.2) is 46.1 Å². The Labute approximate surface area is 170 Å². The number of aliphatic hydroxyl groups is 1. The van der Waals surface area contributed by atoms with E-state index < -0.39 is 17.7 Å². The van der Waals surface area contributed by atoms with Gasteiger partial charge < -0.3 is 19.8 Å². The Morgan fingerprint density at radius 1 is 1.07 bits per heavy atom. The van der Waals surface area contributed by atoms with Gasteiger partial charge in [0.1, 0.15) is 11.5 Å². The molecule has 1 saturated heterocycles. The number of ketones is 1. The number of amides is 1. The van der Waals surface area contributed by atoms with E-state index in [9.17, 15) is 19.8 Å². The number of Topliss-reactive ketones (excluding diaryl/α,β-unsaturated/α-hetero) is 1. The van der Waals surface area contributed by atoms with Crippen molar-refractivity contribution in [1.82, 2.24) is 4.90 Å². The predicted molar refractivity (Wildman–Crippen MR) is 109 cm³/mol. The number of hydrogen-bond acceptors (Lipinski definition) is 5. The highest BCUT2D eigenvalue weighted by molar-refractivity contribution is 6.46. The first-order chi connectivity index (χ1) is 13.9. The molecule has 2 aromatic carbocycles. The molecule has 0 aromatic heterocycles. The quantitative estimate of drug-likeness (QED) is 0.324. The third-order valence-electron chi connectivity index (χ3n) is 4.79. The van der Waals surface area contributed by atoms with Gasteiger partial charge in [0, 0.05) is 18.7 Å². The Morgan fingerprint density at radius 3 is 2.34 bits per heavy atom. The zero-order chi connectivity index (χ0) is 21.0. The van der Waals surface area contributed by atoms with Crippen molar-refractivity contribution in [2.75, 3.05) is 13.2 Å². The second-order valence-corrected chi connectivity index (χ2v) is 7.22. The minimum absolute atomic E-state index is 0.0525. The van der Waals surface area contributed by atoms with Crippen LogP contribution >= 0.6 is 0 Å². The maximum Gasteiger partial charge on any atom is 0.295 e. The minimum atomic E-state index is -0.727. The van der Waals surface area contributed by atoms with Crippen molar-refractivity contribution in [1.29, 1.82) is 0 Å². The Hall–Kier alpha value is -3.12. The summed E-state index contributed by atoms with van der Waals surface area (Å²) in [5, 5.41) is 20.5. The third-order valence-corrected chi connectivity index (χ3v) is 4.79. The topological polar surface area (TPSA) is 87.1 Å². The van der Waals surface area contributed by atoms with E-state index in [1.54, 1.807) is 36.4 Å². The fourth-order valence-electron chi connectivity index (χ4n) is 3.42. The van der Waals surface area contributed by atoms with Crippen LogP contribution < -0.4 is 0 Å². The van der Waals surface area contributed by atoms with Crippen molar-refractivity contribution in [2.24, 2.45) is 0 Å². The fraction of sp³-hybridized carbons (Fsp3) is 0.304. The molecule has 2 aromatic rings. The van der Waals surface area contributed by atoms with Gasteiger partial charge >= 0.3 is 0 Å². The lowest BCUT2D eigenvalue weighted by Crippen LogP contribution is -2.31. The van der Waals surface area contributed by atoms with Crippen LogP contribution in [0.5, 0.6) is 5.75 Å². The number of carbonyl (C=O) groups excluding carboxylic acids is 2. The summed E-state index contributed by atoms with van der Waals surface area (Å²) in [6.45, 7) is 4.64. The van der Waals surface area contributed by atoms with Gasteiger partial charge in [-0.15, -0.1) is 0 Å². The molecule has 0 aliphatic carbocycles. The second kappa shape index (κ2) is 8.92. The lowest BCUT2D eigenvalue weighted by molar-refractivity contribution is -0.140. The Morgan fingerprint density at radius 2 is 1.72 bits per heavy atom. The molecule has 6 nitrogen and oxygen atoms in total. The van der Waals surface area contributed by atoms with E-state index in [0.717, 1.165) is 0 Å². The first kappa shape index (κ1) is 20.6. The average molecular weight is 395 g/mol. The van der Waals surface area contributed by atoms with E-state index in [2.05, 4.69) is 0 Å². The average Bonchev–Trinajstić information content (AvgIpc) is 2.96. The summed E-state index contributed by atoms with van der Waals surface area (Å²) in [5.74, 6) is -1.48. The zero-order valence-corrected chi connectivity index (χ0v) is 16.5. The number of likely N-dealkylation sites (tertiary alicyclic amines) is 1. The van der Waals surface area contributed by atoms with Gasteiger partial charge in [0.25, 0.3) is 11.7 Å². The molecule has 0 saturated carbocycles. The van der Waals surface area contributed by atoms with Crippen molar-refractivity contribution in [3.63, 3.8) is 0 Å². The number of benzene rings is 2. The molecule has 0 spiro atoms. The lowest BCUT2D eigenvalue weighted by atomic mass is 9.95. The van der Waals surface area contributed by atoms with Gasteiger partial charge in [0.2, 0.25) is 0 Å². The van der Waals surface area contributed by atoms with Crippen molar-refractivity contribution in [3.05, 3.63) is 71.3 Å². The van der Waals surface area contributed by atoms with E-state index in [1.165, 1.54) is 17.0 Å². The largest absolute Gasteiger partial charge is 0.508 e. The summed E-state index contributed by atoms with van der Waals surface area (Å²) >= 11 is 0. The van der Waals surface area contributed by atoms with Crippen LogP contribution in [0, 0.1) is 0 Å². The molecular formula is C23H25NO5. The predicted octanol–water partition coefficient (Wildman–Crippen LogP) is 3.63. The maximum absolute atomic E-state index is 12.8. The molecule has 0 unspecified atom stereocenters. The SMILES string of the molecule is CC(C)OCCCN1C(=O)C(=O)C(=C(O)c2ccccc2)[C@H]1c1ccc(O)cc1. The number of phenols is 1. The highest BCUT2D eigenvalue weighted by Crippen LogP contribution is 2.39. The Kier molecular flexibility index (Phi) is 6.34. The van der Waals surface area contributed by atoms with Gasteiger partial charge in [-0.2, -0.15) is 0 Å². The number of aliphatic hydroxyl groups excluding tert-OH is 1. The van der Waals surface area contributed by atoms with E-state index in [0.29, 0.717) is 30.7 Å². The number of phenolic OH excluding ortho intramolecular Hbond substituents is 1. The van der Waals surface area contributed by atoms with E-state index in [4.69, 9.17) is 4.74 Å². The van der Waals surface area contributed by atoms with Crippen LogP contribution in [0.15, 0.2) is 60.2 Å². The molecule has 0 bridgehead atoms. The molecule has 1 heterocycles. The second-order valence-electron chi connectivity index (χ2n) is 7.22. The molecule has 6 heteroatoms. The Bertz CT molecular complexity index is 903. The lowest BCUT2D eigenvalue weighted by Gasteiger charge is -2.25. The monoisotopic (exact) mass is 395 g/mol. The Balaban J connectivity index is 2.00. The number of nitrogens with zero attached hydrogens (tertiary/aromatic N) is 1. The van der Waals surface area contributed by atoms with E-state index >= 15 is 0 Å². The molecule has 0 radical (unpaired) electrons. The van der Waals surface area contributed by atoms with E-state index in [1.807, 2.05) is 19.9 Å². The van der Waals surface area contributed by atoms with Crippen LogP contribution in [-0.2, 0) is 14.3 Å². The van der Waals surface area contributed by atoms with Gasteiger partial charge in [0.15, 0.2) is 0 Å². The molecule has 2 N–H and O–H groups in total. The van der Waals surface area contributed by atoms with Crippen molar-refractivity contribution < 1.29 is 24.5 Å². The number of aromatic hydroxyl groups is 1. The molecule has 1 atom stereocenters. The smallest absolute Gasteiger partial charge is 0.295 e. The van der Waals surface area contributed by atoms with Crippen molar-refractivity contribution >= 4 is 17.4 Å². The van der Waals surface area contributed by atoms with Gasteiger partial charge in [-0.05, 0) is 38.0 Å². The highest BCUT2D eigenvalue weighted by atomic mass is 16.5. The molecule has 1 fully saturated rings. The first-order valence-corrected chi connectivity index (χ1v) is 9.64. The summed E-state index contributed by atoms with van der Waals surface area (Å²) in [6, 6.07) is 14.3. The molecular weight excluding hydrogens is 370 g/mol. The number of rotatable bonds is 7.